The maximum absolute atomic E-state index is 5.52. The minimum Gasteiger partial charge on any atom is -0.497 e. The van der Waals surface area contributed by atoms with Gasteiger partial charge >= 0.3 is 0 Å². The van der Waals surface area contributed by atoms with E-state index in [-0.39, 0.29) is 0 Å². The van der Waals surface area contributed by atoms with E-state index in [2.05, 4.69) is 4.98 Å². The number of hydrogen-bond acceptors (Lipinski definition) is 3. The van der Waals surface area contributed by atoms with E-state index in [1.54, 1.807) is 19.6 Å². The first-order valence-corrected chi connectivity index (χ1v) is 4.23. The number of anilines is 1. The summed E-state index contributed by atoms with van der Waals surface area (Å²) in [6, 6.07) is 7.68. The highest BCUT2D eigenvalue weighted by atomic mass is 16.5. The molecular weight excluding hydrogens is 178 g/mol. The van der Waals surface area contributed by atoms with Crippen molar-refractivity contribution in [1.29, 1.82) is 0 Å². The van der Waals surface area contributed by atoms with Gasteiger partial charge in [0, 0.05) is 5.69 Å². The Balaban J connectivity index is 2.33. The number of ether oxygens (including phenoxy) is 1. The molecule has 14 heavy (non-hydrogen) atoms. The molecule has 2 aromatic rings. The minimum atomic E-state index is 0.515. The first-order valence-electron chi connectivity index (χ1n) is 4.23. The van der Waals surface area contributed by atoms with Crippen molar-refractivity contribution in [2.75, 3.05) is 12.8 Å². The van der Waals surface area contributed by atoms with Crippen LogP contribution >= 0.6 is 0 Å². The van der Waals surface area contributed by atoms with Crippen molar-refractivity contribution < 1.29 is 4.74 Å². The van der Waals surface area contributed by atoms with Crippen molar-refractivity contribution in [3.63, 3.8) is 0 Å². The molecule has 0 amide bonds. The van der Waals surface area contributed by atoms with Crippen LogP contribution in [0.2, 0.25) is 0 Å². The van der Waals surface area contributed by atoms with Gasteiger partial charge in [-0.2, -0.15) is 0 Å². The quantitative estimate of drug-likeness (QED) is 0.778. The molecule has 72 valence electrons. The van der Waals surface area contributed by atoms with Gasteiger partial charge in [0.05, 0.1) is 13.3 Å². The fourth-order valence-corrected chi connectivity index (χ4v) is 1.23. The standard InChI is InChI=1S/C10H11N3O/c1-14-9-4-2-8(3-5-9)13-6-10(11)12-7-13/h2-7H,11H2,1H3. The molecule has 1 aromatic heterocycles. The van der Waals surface area contributed by atoms with Crippen LogP contribution in [0.15, 0.2) is 36.8 Å². The summed E-state index contributed by atoms with van der Waals surface area (Å²) in [6.45, 7) is 0. The largest absolute Gasteiger partial charge is 0.497 e. The lowest BCUT2D eigenvalue weighted by Crippen LogP contribution is -1.90. The highest BCUT2D eigenvalue weighted by Gasteiger charge is 1.97. The Hall–Kier alpha value is -1.97. The van der Waals surface area contributed by atoms with Crippen LogP contribution in [-0.4, -0.2) is 16.7 Å². The van der Waals surface area contributed by atoms with Crippen LogP contribution in [0.4, 0.5) is 5.82 Å². The molecule has 0 radical (unpaired) electrons. The normalized spacial score (nSPS) is 10.1. The van der Waals surface area contributed by atoms with Crippen LogP contribution in [0.25, 0.3) is 5.69 Å². The molecule has 0 bridgehead atoms. The van der Waals surface area contributed by atoms with Gasteiger partial charge in [-0.3, -0.25) is 0 Å². The lowest BCUT2D eigenvalue weighted by molar-refractivity contribution is 0.415. The van der Waals surface area contributed by atoms with E-state index in [0.29, 0.717) is 5.82 Å². The molecule has 0 spiro atoms. The van der Waals surface area contributed by atoms with Crippen LogP contribution in [0.5, 0.6) is 5.75 Å². The Kier molecular flexibility index (Phi) is 2.10. The highest BCUT2D eigenvalue weighted by Crippen LogP contribution is 2.15. The van der Waals surface area contributed by atoms with E-state index >= 15 is 0 Å². The third-order valence-electron chi connectivity index (χ3n) is 1.97. The number of benzene rings is 1. The van der Waals surface area contributed by atoms with Gasteiger partial charge in [0.25, 0.3) is 0 Å². The van der Waals surface area contributed by atoms with Crippen molar-refractivity contribution in [2.24, 2.45) is 0 Å². The third kappa shape index (κ3) is 1.54. The summed E-state index contributed by atoms with van der Waals surface area (Å²) < 4.78 is 6.92. The zero-order valence-electron chi connectivity index (χ0n) is 7.84. The van der Waals surface area contributed by atoms with Crippen molar-refractivity contribution in [2.45, 2.75) is 0 Å². The molecule has 0 aliphatic heterocycles. The van der Waals surface area contributed by atoms with Crippen molar-refractivity contribution in [3.05, 3.63) is 36.8 Å². The molecule has 2 rings (SSSR count). The number of aromatic nitrogens is 2. The van der Waals surface area contributed by atoms with Crippen molar-refractivity contribution >= 4 is 5.82 Å². The monoisotopic (exact) mass is 189 g/mol. The fraction of sp³-hybridized carbons (Fsp3) is 0.100. The summed E-state index contributed by atoms with van der Waals surface area (Å²) in [5.74, 6) is 1.35. The fourth-order valence-electron chi connectivity index (χ4n) is 1.23. The molecule has 0 aliphatic carbocycles. The van der Waals surface area contributed by atoms with E-state index in [9.17, 15) is 0 Å². The van der Waals surface area contributed by atoms with Crippen LogP contribution in [0, 0.1) is 0 Å². The van der Waals surface area contributed by atoms with Gasteiger partial charge in [0.2, 0.25) is 0 Å². The first-order chi connectivity index (χ1) is 6.79. The Bertz CT molecular complexity index is 419. The van der Waals surface area contributed by atoms with Gasteiger partial charge in [0.15, 0.2) is 0 Å². The van der Waals surface area contributed by atoms with E-state index < -0.39 is 0 Å². The molecular formula is C10H11N3O. The summed E-state index contributed by atoms with van der Waals surface area (Å²) in [5, 5.41) is 0. The molecule has 0 atom stereocenters. The van der Waals surface area contributed by atoms with Gasteiger partial charge in [-0.1, -0.05) is 0 Å². The molecule has 0 aliphatic rings. The topological polar surface area (TPSA) is 53.1 Å². The van der Waals surface area contributed by atoms with Crippen LogP contribution < -0.4 is 10.5 Å². The van der Waals surface area contributed by atoms with Crippen molar-refractivity contribution in [3.8, 4) is 11.4 Å². The minimum absolute atomic E-state index is 0.515. The Morgan fingerprint density at radius 2 is 2.00 bits per heavy atom. The third-order valence-corrected chi connectivity index (χ3v) is 1.97. The molecule has 0 saturated heterocycles. The van der Waals surface area contributed by atoms with Gasteiger partial charge in [-0.05, 0) is 24.3 Å². The van der Waals surface area contributed by atoms with E-state index in [1.807, 2.05) is 28.8 Å². The van der Waals surface area contributed by atoms with Gasteiger partial charge < -0.3 is 15.0 Å². The molecule has 1 heterocycles. The van der Waals surface area contributed by atoms with Crippen LogP contribution in [0.3, 0.4) is 0 Å². The predicted octanol–water partition coefficient (Wildman–Crippen LogP) is 1.46. The van der Waals surface area contributed by atoms with Gasteiger partial charge in [-0.25, -0.2) is 4.98 Å². The zero-order valence-corrected chi connectivity index (χ0v) is 7.84. The zero-order chi connectivity index (χ0) is 9.97. The molecule has 0 fully saturated rings. The number of imidazole rings is 1. The number of rotatable bonds is 2. The molecule has 4 heteroatoms. The summed E-state index contributed by atoms with van der Waals surface area (Å²) in [6.07, 6.45) is 3.44. The maximum atomic E-state index is 5.52. The second-order valence-electron chi connectivity index (χ2n) is 2.90. The Labute approximate surface area is 81.9 Å². The average molecular weight is 189 g/mol. The second-order valence-corrected chi connectivity index (χ2v) is 2.90. The summed E-state index contributed by atoms with van der Waals surface area (Å²) >= 11 is 0. The second kappa shape index (κ2) is 3.41. The molecule has 1 aromatic carbocycles. The highest BCUT2D eigenvalue weighted by molar-refractivity contribution is 5.39. The SMILES string of the molecule is COc1ccc(-n2cnc(N)c2)cc1. The molecule has 4 nitrogen and oxygen atoms in total. The predicted molar refractivity (Wildman–Crippen MR) is 54.5 cm³/mol. The number of hydrogen-bond donors (Lipinski definition) is 1. The first kappa shape index (κ1) is 8.62. The van der Waals surface area contributed by atoms with Gasteiger partial charge in [0.1, 0.15) is 17.9 Å². The van der Waals surface area contributed by atoms with E-state index in [1.165, 1.54) is 0 Å². The summed E-state index contributed by atoms with van der Waals surface area (Å²) in [7, 11) is 1.64. The lowest BCUT2D eigenvalue weighted by Gasteiger charge is -2.03. The van der Waals surface area contributed by atoms with Crippen LogP contribution in [0.1, 0.15) is 0 Å². The van der Waals surface area contributed by atoms with E-state index in [0.717, 1.165) is 11.4 Å². The van der Waals surface area contributed by atoms with Crippen molar-refractivity contribution in [1.82, 2.24) is 9.55 Å². The molecule has 0 saturated carbocycles. The maximum Gasteiger partial charge on any atom is 0.141 e. The number of methoxy groups -OCH3 is 1. The summed E-state index contributed by atoms with van der Waals surface area (Å²) in [4.78, 5) is 3.95. The molecule has 2 N–H and O–H groups in total. The smallest absolute Gasteiger partial charge is 0.141 e. The number of nitrogens with zero attached hydrogens (tertiary/aromatic N) is 2. The summed E-state index contributed by atoms with van der Waals surface area (Å²) in [5.41, 5.74) is 6.52. The lowest BCUT2D eigenvalue weighted by atomic mass is 10.3. The Morgan fingerprint density at radius 1 is 1.29 bits per heavy atom. The average Bonchev–Trinajstić information content (AvgIpc) is 2.65. The molecule has 0 unspecified atom stereocenters. The number of nitrogens with two attached hydrogens (primary N) is 1. The van der Waals surface area contributed by atoms with E-state index in [4.69, 9.17) is 10.5 Å². The van der Waals surface area contributed by atoms with Gasteiger partial charge in [-0.15, -0.1) is 0 Å². The Morgan fingerprint density at radius 3 is 2.50 bits per heavy atom. The van der Waals surface area contributed by atoms with Crippen LogP contribution in [-0.2, 0) is 0 Å². The number of nitrogen functional groups attached to an aromatic ring is 1.